The number of anilines is 1. The van der Waals surface area contributed by atoms with Crippen molar-refractivity contribution in [2.75, 3.05) is 5.73 Å². The Morgan fingerprint density at radius 2 is 1.81 bits per heavy atom. The molecule has 5 heteroatoms. The van der Waals surface area contributed by atoms with E-state index in [9.17, 15) is 14.7 Å². The van der Waals surface area contributed by atoms with E-state index < -0.39 is 5.97 Å². The minimum atomic E-state index is -1.25. The molecular weight excluding hydrogens is 270 g/mol. The molecule has 0 unspecified atom stereocenters. The van der Waals surface area contributed by atoms with E-state index in [0.29, 0.717) is 0 Å². The molecule has 0 bridgehead atoms. The molecule has 0 aliphatic heterocycles. The number of benzene rings is 2. The van der Waals surface area contributed by atoms with Crippen molar-refractivity contribution in [3.05, 3.63) is 59.2 Å². The standard InChI is InChI=1S/C16H15NO4/c1-10(18)12-7-8-13(15(17)14(12)16(19)20)21-9-11-5-3-2-4-6-11/h2-8H,9,17H2,1H3,(H,19,20). The highest BCUT2D eigenvalue weighted by Crippen LogP contribution is 2.29. The van der Waals surface area contributed by atoms with Crippen molar-refractivity contribution in [3.63, 3.8) is 0 Å². The van der Waals surface area contributed by atoms with Gasteiger partial charge in [0, 0.05) is 5.56 Å². The molecule has 0 heterocycles. The van der Waals surface area contributed by atoms with Crippen LogP contribution in [0.3, 0.4) is 0 Å². The Bertz CT molecular complexity index is 680. The Morgan fingerprint density at radius 1 is 1.14 bits per heavy atom. The molecule has 3 N–H and O–H groups in total. The molecule has 5 nitrogen and oxygen atoms in total. The molecule has 2 aromatic rings. The number of carbonyl (C=O) groups excluding carboxylic acids is 1. The first-order chi connectivity index (χ1) is 10.0. The van der Waals surface area contributed by atoms with Crippen LogP contribution in [0.1, 0.15) is 33.2 Å². The van der Waals surface area contributed by atoms with Gasteiger partial charge in [-0.25, -0.2) is 4.79 Å². The zero-order valence-electron chi connectivity index (χ0n) is 11.5. The lowest BCUT2D eigenvalue weighted by atomic mass is 10.0. The lowest BCUT2D eigenvalue weighted by molar-refractivity contribution is 0.0693. The zero-order chi connectivity index (χ0) is 15.4. The summed E-state index contributed by atoms with van der Waals surface area (Å²) in [5, 5.41) is 9.22. The first kappa shape index (κ1) is 14.6. The largest absolute Gasteiger partial charge is 0.487 e. The molecule has 0 radical (unpaired) electrons. The molecule has 0 fully saturated rings. The van der Waals surface area contributed by atoms with Gasteiger partial charge in [-0.05, 0) is 24.6 Å². The second-order valence-corrected chi connectivity index (χ2v) is 4.54. The average molecular weight is 285 g/mol. The topological polar surface area (TPSA) is 89.6 Å². The molecule has 2 rings (SSSR count). The number of aromatic carboxylic acids is 1. The number of rotatable bonds is 5. The van der Waals surface area contributed by atoms with Crippen LogP contribution in [0.4, 0.5) is 5.69 Å². The van der Waals surface area contributed by atoms with Gasteiger partial charge in [0.25, 0.3) is 0 Å². The van der Waals surface area contributed by atoms with Crippen LogP contribution in [0.2, 0.25) is 0 Å². The van der Waals surface area contributed by atoms with Gasteiger partial charge in [0.15, 0.2) is 5.78 Å². The maximum absolute atomic E-state index is 11.5. The number of carboxylic acid groups (broad SMARTS) is 1. The van der Waals surface area contributed by atoms with Crippen LogP contribution in [-0.4, -0.2) is 16.9 Å². The molecule has 0 amide bonds. The third-order valence-corrected chi connectivity index (χ3v) is 3.04. The van der Waals surface area contributed by atoms with E-state index in [4.69, 9.17) is 10.5 Å². The third-order valence-electron chi connectivity index (χ3n) is 3.04. The SMILES string of the molecule is CC(=O)c1ccc(OCc2ccccc2)c(N)c1C(=O)O. The molecule has 108 valence electrons. The van der Waals surface area contributed by atoms with Crippen molar-refractivity contribution in [1.82, 2.24) is 0 Å². The molecule has 0 saturated heterocycles. The summed E-state index contributed by atoms with van der Waals surface area (Å²) in [5.41, 5.74) is 6.59. The number of carbonyl (C=O) groups is 2. The Kier molecular flexibility index (Phi) is 4.23. The molecule has 0 aliphatic rings. The smallest absolute Gasteiger partial charge is 0.338 e. The van der Waals surface area contributed by atoms with Gasteiger partial charge in [-0.1, -0.05) is 30.3 Å². The zero-order valence-corrected chi connectivity index (χ0v) is 11.5. The number of hydrogen-bond acceptors (Lipinski definition) is 4. The first-order valence-corrected chi connectivity index (χ1v) is 6.34. The van der Waals surface area contributed by atoms with E-state index in [1.165, 1.54) is 19.1 Å². The van der Waals surface area contributed by atoms with E-state index in [1.54, 1.807) is 0 Å². The molecule has 21 heavy (non-hydrogen) atoms. The van der Waals surface area contributed by atoms with Crippen molar-refractivity contribution in [2.45, 2.75) is 13.5 Å². The number of ketones is 1. The lowest BCUT2D eigenvalue weighted by Gasteiger charge is -2.13. The van der Waals surface area contributed by atoms with Crippen LogP contribution >= 0.6 is 0 Å². The highest BCUT2D eigenvalue weighted by molar-refractivity contribution is 6.08. The third kappa shape index (κ3) is 3.20. The van der Waals surface area contributed by atoms with Gasteiger partial charge in [-0.3, -0.25) is 4.79 Å². The van der Waals surface area contributed by atoms with Crippen molar-refractivity contribution in [3.8, 4) is 5.75 Å². The predicted molar refractivity (Wildman–Crippen MR) is 78.6 cm³/mol. The molecule has 0 saturated carbocycles. The van der Waals surface area contributed by atoms with E-state index in [2.05, 4.69) is 0 Å². The Balaban J connectivity index is 2.31. The number of Topliss-reactive ketones (excluding diaryl/α,β-unsaturated/α-hetero) is 1. The summed E-state index contributed by atoms with van der Waals surface area (Å²) in [5.74, 6) is -1.35. The van der Waals surface area contributed by atoms with E-state index in [-0.39, 0.29) is 35.0 Å². The second-order valence-electron chi connectivity index (χ2n) is 4.54. The number of ether oxygens (including phenoxy) is 1. The second kappa shape index (κ2) is 6.09. The maximum Gasteiger partial charge on any atom is 0.338 e. The predicted octanol–water partition coefficient (Wildman–Crippen LogP) is 2.75. The summed E-state index contributed by atoms with van der Waals surface area (Å²) < 4.78 is 5.55. The van der Waals surface area contributed by atoms with Crippen molar-refractivity contribution >= 4 is 17.4 Å². The minimum absolute atomic E-state index is 0.0360. The molecule has 0 aliphatic carbocycles. The monoisotopic (exact) mass is 285 g/mol. The number of hydrogen-bond donors (Lipinski definition) is 2. The van der Waals surface area contributed by atoms with Crippen molar-refractivity contribution < 1.29 is 19.4 Å². The van der Waals surface area contributed by atoms with E-state index in [0.717, 1.165) is 5.56 Å². The average Bonchev–Trinajstić information content (AvgIpc) is 2.46. The van der Waals surface area contributed by atoms with Crippen molar-refractivity contribution in [1.29, 1.82) is 0 Å². The minimum Gasteiger partial charge on any atom is -0.487 e. The van der Waals surface area contributed by atoms with Crippen molar-refractivity contribution in [2.24, 2.45) is 0 Å². The number of nitrogens with two attached hydrogens (primary N) is 1. The fourth-order valence-electron chi connectivity index (χ4n) is 1.99. The van der Waals surface area contributed by atoms with E-state index >= 15 is 0 Å². The van der Waals surface area contributed by atoms with Gasteiger partial charge in [-0.15, -0.1) is 0 Å². The summed E-state index contributed by atoms with van der Waals surface area (Å²) in [6.45, 7) is 1.56. The Hall–Kier alpha value is -2.82. The summed E-state index contributed by atoms with van der Waals surface area (Å²) in [7, 11) is 0. The van der Waals surface area contributed by atoms with Gasteiger partial charge in [0.05, 0.1) is 11.3 Å². The molecule has 0 atom stereocenters. The van der Waals surface area contributed by atoms with Gasteiger partial charge in [-0.2, -0.15) is 0 Å². The summed E-state index contributed by atoms with van der Waals surface area (Å²) in [4.78, 5) is 22.7. The molecule has 2 aromatic carbocycles. The Labute approximate surface area is 122 Å². The van der Waals surface area contributed by atoms with Crippen LogP contribution < -0.4 is 10.5 Å². The molecule has 0 aromatic heterocycles. The first-order valence-electron chi connectivity index (χ1n) is 6.34. The highest BCUT2D eigenvalue weighted by atomic mass is 16.5. The fourth-order valence-corrected chi connectivity index (χ4v) is 1.99. The number of carboxylic acids is 1. The van der Waals surface area contributed by atoms with Crippen LogP contribution in [-0.2, 0) is 6.61 Å². The maximum atomic E-state index is 11.5. The van der Waals surface area contributed by atoms with Crippen LogP contribution in [0, 0.1) is 0 Å². The van der Waals surface area contributed by atoms with Gasteiger partial charge < -0.3 is 15.6 Å². The van der Waals surface area contributed by atoms with E-state index in [1.807, 2.05) is 30.3 Å². The van der Waals surface area contributed by atoms with Gasteiger partial charge >= 0.3 is 5.97 Å². The van der Waals surface area contributed by atoms with Crippen LogP contribution in [0.15, 0.2) is 42.5 Å². The van der Waals surface area contributed by atoms with Crippen LogP contribution in [0.25, 0.3) is 0 Å². The van der Waals surface area contributed by atoms with Gasteiger partial charge in [0.2, 0.25) is 0 Å². The quantitative estimate of drug-likeness (QED) is 0.651. The normalized spacial score (nSPS) is 10.1. The molecule has 0 spiro atoms. The van der Waals surface area contributed by atoms with Gasteiger partial charge in [0.1, 0.15) is 12.4 Å². The van der Waals surface area contributed by atoms with Crippen LogP contribution in [0.5, 0.6) is 5.75 Å². The summed E-state index contributed by atoms with van der Waals surface area (Å²) >= 11 is 0. The fraction of sp³-hybridized carbons (Fsp3) is 0.125. The highest BCUT2D eigenvalue weighted by Gasteiger charge is 2.20. The number of nitrogen functional groups attached to an aromatic ring is 1. The molecular formula is C16H15NO4. The summed E-state index contributed by atoms with van der Waals surface area (Å²) in [6.07, 6.45) is 0. The lowest BCUT2D eigenvalue weighted by Crippen LogP contribution is -2.11. The summed E-state index contributed by atoms with van der Waals surface area (Å²) in [6, 6.07) is 12.4. The Morgan fingerprint density at radius 3 is 2.38 bits per heavy atom.